The van der Waals surface area contributed by atoms with Gasteiger partial charge in [-0.05, 0) is 50.1 Å². The smallest absolute Gasteiger partial charge is 0.126 e. The van der Waals surface area contributed by atoms with Crippen LogP contribution in [-0.4, -0.2) is 39.1 Å². The second-order valence-corrected chi connectivity index (χ2v) is 7.01. The first-order valence-electron chi connectivity index (χ1n) is 8.99. The largest absolute Gasteiger partial charge is 0.370 e. The Kier molecular flexibility index (Phi) is 4.40. The van der Waals surface area contributed by atoms with Crippen molar-refractivity contribution in [3.8, 4) is 0 Å². The fourth-order valence-electron chi connectivity index (χ4n) is 3.65. The second kappa shape index (κ2) is 6.84. The number of nitrogens with one attached hydrogen (secondary N) is 1. The third-order valence-electron chi connectivity index (χ3n) is 5.07. The molecule has 0 aliphatic carbocycles. The van der Waals surface area contributed by atoms with Crippen molar-refractivity contribution < 1.29 is 0 Å². The van der Waals surface area contributed by atoms with E-state index in [2.05, 4.69) is 57.1 Å². The van der Waals surface area contributed by atoms with E-state index in [4.69, 9.17) is 4.98 Å². The summed E-state index contributed by atoms with van der Waals surface area (Å²) in [6.45, 7) is 6.18. The zero-order valence-electron chi connectivity index (χ0n) is 14.9. The monoisotopic (exact) mass is 335 g/mol. The minimum Gasteiger partial charge on any atom is -0.370 e. The average Bonchev–Trinajstić information content (AvgIpc) is 3.19. The van der Waals surface area contributed by atoms with Gasteiger partial charge in [0.15, 0.2) is 0 Å². The molecule has 0 spiro atoms. The molecule has 5 heteroatoms. The number of para-hydroxylation sites is 2. The van der Waals surface area contributed by atoms with E-state index in [0.29, 0.717) is 5.92 Å². The number of fused-ring (bicyclic) bond motifs is 1. The molecule has 5 nitrogen and oxygen atoms in total. The molecule has 4 rings (SSSR count). The van der Waals surface area contributed by atoms with Gasteiger partial charge in [-0.1, -0.05) is 18.2 Å². The second-order valence-electron chi connectivity index (χ2n) is 7.01. The summed E-state index contributed by atoms with van der Waals surface area (Å²) >= 11 is 0. The molecule has 25 heavy (non-hydrogen) atoms. The van der Waals surface area contributed by atoms with Crippen LogP contribution >= 0.6 is 0 Å². The van der Waals surface area contributed by atoms with E-state index in [9.17, 15) is 0 Å². The summed E-state index contributed by atoms with van der Waals surface area (Å²) in [5.41, 5.74) is 3.35. The van der Waals surface area contributed by atoms with Gasteiger partial charge < -0.3 is 9.88 Å². The molecule has 3 aromatic rings. The Hall–Kier alpha value is -2.40. The van der Waals surface area contributed by atoms with E-state index in [1.807, 2.05) is 19.1 Å². The van der Waals surface area contributed by atoms with Crippen molar-refractivity contribution in [2.24, 2.45) is 13.0 Å². The molecule has 1 fully saturated rings. The normalized spacial score (nSPS) is 18.1. The van der Waals surface area contributed by atoms with E-state index < -0.39 is 0 Å². The van der Waals surface area contributed by atoms with Gasteiger partial charge in [0.25, 0.3) is 0 Å². The number of benzene rings is 1. The minimum absolute atomic E-state index is 0.664. The molecule has 1 aromatic carbocycles. The predicted octanol–water partition coefficient (Wildman–Crippen LogP) is 3.21. The molecule has 3 heterocycles. The van der Waals surface area contributed by atoms with E-state index in [1.165, 1.54) is 11.9 Å². The fourth-order valence-corrected chi connectivity index (χ4v) is 3.65. The number of pyridine rings is 1. The summed E-state index contributed by atoms with van der Waals surface area (Å²) in [5, 5.41) is 3.49. The minimum atomic E-state index is 0.664. The molecule has 1 N–H and O–H groups in total. The van der Waals surface area contributed by atoms with Crippen molar-refractivity contribution in [2.45, 2.75) is 19.9 Å². The highest BCUT2D eigenvalue weighted by atomic mass is 15.2. The Morgan fingerprint density at radius 2 is 2.00 bits per heavy atom. The van der Waals surface area contributed by atoms with Crippen LogP contribution in [0.25, 0.3) is 11.0 Å². The quantitative estimate of drug-likeness (QED) is 0.778. The molecule has 0 unspecified atom stereocenters. The molecule has 0 radical (unpaired) electrons. The van der Waals surface area contributed by atoms with Gasteiger partial charge in [-0.25, -0.2) is 9.97 Å². The maximum absolute atomic E-state index is 4.80. The number of imidazole rings is 1. The SMILES string of the molecule is Cc1cccc(NC[C@@H]2CCN(Cc3nc4ccccc4n3C)C2)n1. The highest BCUT2D eigenvalue weighted by Gasteiger charge is 2.23. The maximum Gasteiger partial charge on any atom is 0.126 e. The number of anilines is 1. The Morgan fingerprint density at radius 1 is 1.12 bits per heavy atom. The number of likely N-dealkylation sites (tertiary alicyclic amines) is 1. The number of aryl methyl sites for hydroxylation is 2. The van der Waals surface area contributed by atoms with Crippen molar-refractivity contribution in [1.29, 1.82) is 0 Å². The Labute approximate surface area is 148 Å². The lowest BCUT2D eigenvalue weighted by atomic mass is 10.1. The summed E-state index contributed by atoms with van der Waals surface area (Å²) in [6, 6.07) is 14.5. The lowest BCUT2D eigenvalue weighted by Gasteiger charge is -2.16. The van der Waals surface area contributed by atoms with Crippen LogP contribution in [0.2, 0.25) is 0 Å². The average molecular weight is 335 g/mol. The van der Waals surface area contributed by atoms with Crippen molar-refractivity contribution in [3.63, 3.8) is 0 Å². The fraction of sp³-hybridized carbons (Fsp3) is 0.400. The molecule has 1 saturated heterocycles. The molecule has 1 atom stereocenters. The van der Waals surface area contributed by atoms with E-state index >= 15 is 0 Å². The zero-order chi connectivity index (χ0) is 17.2. The van der Waals surface area contributed by atoms with Crippen molar-refractivity contribution in [2.75, 3.05) is 25.0 Å². The van der Waals surface area contributed by atoms with Crippen LogP contribution < -0.4 is 5.32 Å². The van der Waals surface area contributed by atoms with Crippen molar-refractivity contribution in [3.05, 3.63) is 54.0 Å². The van der Waals surface area contributed by atoms with Crippen LogP contribution in [0.1, 0.15) is 17.9 Å². The van der Waals surface area contributed by atoms with Crippen LogP contribution in [0.4, 0.5) is 5.82 Å². The highest BCUT2D eigenvalue weighted by molar-refractivity contribution is 5.75. The van der Waals surface area contributed by atoms with Gasteiger partial charge in [0.05, 0.1) is 17.6 Å². The Bertz CT molecular complexity index is 869. The molecule has 0 bridgehead atoms. The summed E-state index contributed by atoms with van der Waals surface area (Å²) in [4.78, 5) is 11.8. The van der Waals surface area contributed by atoms with Crippen LogP contribution in [-0.2, 0) is 13.6 Å². The third-order valence-corrected chi connectivity index (χ3v) is 5.07. The number of rotatable bonds is 5. The van der Waals surface area contributed by atoms with Crippen LogP contribution in [0.3, 0.4) is 0 Å². The number of hydrogen-bond acceptors (Lipinski definition) is 4. The van der Waals surface area contributed by atoms with Crippen LogP contribution in [0.15, 0.2) is 42.5 Å². The predicted molar refractivity (Wildman–Crippen MR) is 102 cm³/mol. The molecule has 0 saturated carbocycles. The zero-order valence-corrected chi connectivity index (χ0v) is 14.9. The van der Waals surface area contributed by atoms with Gasteiger partial charge in [0.2, 0.25) is 0 Å². The molecular weight excluding hydrogens is 310 g/mol. The van der Waals surface area contributed by atoms with Crippen LogP contribution in [0, 0.1) is 12.8 Å². The highest BCUT2D eigenvalue weighted by Crippen LogP contribution is 2.21. The number of nitrogens with zero attached hydrogens (tertiary/aromatic N) is 4. The molecule has 0 amide bonds. The Balaban J connectivity index is 1.35. The Morgan fingerprint density at radius 3 is 2.84 bits per heavy atom. The molecule has 2 aromatic heterocycles. The molecule has 1 aliphatic heterocycles. The lowest BCUT2D eigenvalue weighted by molar-refractivity contribution is 0.308. The first-order chi connectivity index (χ1) is 12.2. The summed E-state index contributed by atoms with van der Waals surface area (Å²) in [6.07, 6.45) is 1.22. The van der Waals surface area contributed by atoms with E-state index in [1.54, 1.807) is 0 Å². The summed E-state index contributed by atoms with van der Waals surface area (Å²) in [7, 11) is 2.11. The lowest BCUT2D eigenvalue weighted by Crippen LogP contribution is -2.24. The van der Waals surface area contributed by atoms with Gasteiger partial charge in [0.1, 0.15) is 11.6 Å². The van der Waals surface area contributed by atoms with Gasteiger partial charge >= 0.3 is 0 Å². The van der Waals surface area contributed by atoms with Gasteiger partial charge in [0, 0.05) is 25.8 Å². The van der Waals surface area contributed by atoms with E-state index in [-0.39, 0.29) is 0 Å². The standard InChI is InChI=1S/C20H25N5/c1-15-6-5-9-19(22-15)21-12-16-10-11-25(13-16)14-20-23-17-7-3-4-8-18(17)24(20)2/h3-9,16H,10-14H2,1-2H3,(H,21,22)/t16-/m0/s1. The van der Waals surface area contributed by atoms with Gasteiger partial charge in [-0.3, -0.25) is 4.90 Å². The first kappa shape index (κ1) is 16.1. The van der Waals surface area contributed by atoms with Crippen molar-refractivity contribution in [1.82, 2.24) is 19.4 Å². The summed E-state index contributed by atoms with van der Waals surface area (Å²) < 4.78 is 2.22. The maximum atomic E-state index is 4.80. The topological polar surface area (TPSA) is 46.0 Å². The molecular formula is C20H25N5. The molecule has 1 aliphatic rings. The van der Waals surface area contributed by atoms with Gasteiger partial charge in [-0.15, -0.1) is 0 Å². The van der Waals surface area contributed by atoms with E-state index in [0.717, 1.165) is 49.0 Å². The van der Waals surface area contributed by atoms with Crippen molar-refractivity contribution >= 4 is 16.9 Å². The first-order valence-corrected chi connectivity index (χ1v) is 8.99. The van der Waals surface area contributed by atoms with Crippen LogP contribution in [0.5, 0.6) is 0 Å². The number of hydrogen-bond donors (Lipinski definition) is 1. The summed E-state index contributed by atoms with van der Waals surface area (Å²) in [5.74, 6) is 2.79. The molecule has 130 valence electrons. The third kappa shape index (κ3) is 3.51. The van der Waals surface area contributed by atoms with Gasteiger partial charge in [-0.2, -0.15) is 0 Å². The number of aromatic nitrogens is 3.